The van der Waals surface area contributed by atoms with Gasteiger partial charge in [0.25, 0.3) is 0 Å². The van der Waals surface area contributed by atoms with E-state index in [2.05, 4.69) is 42.5 Å². The molecule has 0 amide bonds. The molecule has 0 fully saturated rings. The van der Waals surface area contributed by atoms with Gasteiger partial charge >= 0.3 is 52.4 Å². The molecule has 0 aromatic carbocycles. The Hall–Kier alpha value is 1.50. The van der Waals surface area contributed by atoms with E-state index >= 15 is 0 Å². The fourth-order valence-corrected chi connectivity index (χ4v) is 0. The second-order valence-electron chi connectivity index (χ2n) is 2.52. The number of halogens is 1. The van der Waals surface area contributed by atoms with Gasteiger partial charge in [-0.1, -0.05) is 0 Å². The Morgan fingerprint density at radius 1 is 1.43 bits per heavy atom. The van der Waals surface area contributed by atoms with Gasteiger partial charge in [-0.3, -0.25) is 0 Å². The summed E-state index contributed by atoms with van der Waals surface area (Å²) in [6, 6.07) is 0. The SMILES string of the molecule is CC[C](C)(C)[Mg+].[I-]. The molecule has 0 aromatic rings. The van der Waals surface area contributed by atoms with Crippen LogP contribution in [0.4, 0.5) is 0 Å². The third kappa shape index (κ3) is 11.2. The third-order valence-electron chi connectivity index (χ3n) is 0.957. The van der Waals surface area contributed by atoms with Gasteiger partial charge in [0.15, 0.2) is 0 Å². The van der Waals surface area contributed by atoms with Crippen molar-refractivity contribution in [2.45, 2.75) is 30.7 Å². The normalized spacial score (nSPS) is 10.4. The predicted molar refractivity (Wildman–Crippen MR) is 30.1 cm³/mol. The minimum absolute atomic E-state index is 0. The molecule has 0 nitrogen and oxygen atoms in total. The number of hydrogen-bond acceptors (Lipinski definition) is 0. The summed E-state index contributed by atoms with van der Waals surface area (Å²) in [5, 5.41) is 0. The average Bonchev–Trinajstić information content (AvgIpc) is 1.35. The first-order valence-electron chi connectivity index (χ1n) is 2.41. The minimum Gasteiger partial charge on any atom is -1.00 e. The van der Waals surface area contributed by atoms with E-state index in [1.807, 2.05) is 0 Å². The molecule has 0 aliphatic rings. The standard InChI is InChI=1S/C5H11.HI.Mg/c1-4-5(2)3;;/h4H2,1-3H3;1H;/q;;+1/p-1. The van der Waals surface area contributed by atoms with Crippen LogP contribution in [0.2, 0.25) is 3.54 Å². The maximum Gasteiger partial charge on any atom is -1.00 e. The van der Waals surface area contributed by atoms with Gasteiger partial charge in [0.05, 0.1) is 0 Å². The van der Waals surface area contributed by atoms with Crippen LogP contribution in [0, 0.1) is 0 Å². The smallest absolute Gasteiger partial charge is 1.00 e. The van der Waals surface area contributed by atoms with Crippen molar-refractivity contribution in [2.75, 3.05) is 0 Å². The van der Waals surface area contributed by atoms with Crippen molar-refractivity contribution < 1.29 is 24.0 Å². The fourth-order valence-electron chi connectivity index (χ4n) is 0. The van der Waals surface area contributed by atoms with Crippen LogP contribution in [0.25, 0.3) is 0 Å². The summed E-state index contributed by atoms with van der Waals surface area (Å²) in [5.74, 6) is 0. The van der Waals surface area contributed by atoms with Gasteiger partial charge in [-0.25, -0.2) is 0 Å². The summed E-state index contributed by atoms with van der Waals surface area (Å²) in [6.07, 6.45) is 1.28. The summed E-state index contributed by atoms with van der Waals surface area (Å²) in [6.45, 7) is 6.73. The molecule has 0 bridgehead atoms. The molecule has 0 aromatic heterocycles. The molecular formula is C5H11IMg. The molecular weight excluding hydrogens is 211 g/mol. The van der Waals surface area contributed by atoms with Crippen LogP contribution in [0.1, 0.15) is 27.2 Å². The van der Waals surface area contributed by atoms with Crippen molar-refractivity contribution in [1.29, 1.82) is 0 Å². The molecule has 0 rings (SSSR count). The molecule has 0 atom stereocenters. The maximum atomic E-state index is 2.26. The summed E-state index contributed by atoms with van der Waals surface area (Å²) in [7, 11) is 0. The largest absolute Gasteiger partial charge is 1.00 e. The molecule has 0 heterocycles. The second kappa shape index (κ2) is 4.38. The number of hydrogen-bond donors (Lipinski definition) is 0. The van der Waals surface area contributed by atoms with Gasteiger partial charge in [-0.2, -0.15) is 0 Å². The first kappa shape index (κ1) is 11.3. The fraction of sp³-hybridized carbons (Fsp3) is 1.00. The van der Waals surface area contributed by atoms with E-state index in [0.717, 1.165) is 0 Å². The zero-order chi connectivity index (χ0) is 5.21. The van der Waals surface area contributed by atoms with Gasteiger partial charge in [-0.05, 0) is 0 Å². The molecule has 0 radical (unpaired) electrons. The number of rotatable bonds is 1. The Morgan fingerprint density at radius 2 is 1.57 bits per heavy atom. The molecule has 0 saturated heterocycles. The summed E-state index contributed by atoms with van der Waals surface area (Å²) < 4.78 is 0.569. The van der Waals surface area contributed by atoms with Crippen LogP contribution in [0.3, 0.4) is 0 Å². The topological polar surface area (TPSA) is 0 Å². The molecule has 0 aliphatic heterocycles. The van der Waals surface area contributed by atoms with Gasteiger partial charge in [0.2, 0.25) is 0 Å². The molecule has 0 N–H and O–H groups in total. The Kier molecular flexibility index (Phi) is 7.08. The second-order valence-corrected chi connectivity index (χ2v) is 4.43. The van der Waals surface area contributed by atoms with E-state index in [0.29, 0.717) is 3.54 Å². The Morgan fingerprint density at radius 3 is 1.57 bits per heavy atom. The van der Waals surface area contributed by atoms with Crippen LogP contribution in [0.15, 0.2) is 0 Å². The maximum absolute atomic E-state index is 2.26. The average molecular weight is 222 g/mol. The van der Waals surface area contributed by atoms with E-state index in [-0.39, 0.29) is 24.0 Å². The monoisotopic (exact) mass is 222 g/mol. The van der Waals surface area contributed by atoms with Crippen molar-refractivity contribution in [2.24, 2.45) is 0 Å². The van der Waals surface area contributed by atoms with Crippen LogP contribution in [0.5, 0.6) is 0 Å². The quantitative estimate of drug-likeness (QED) is 0.385. The zero-order valence-electron chi connectivity index (χ0n) is 5.29. The first-order chi connectivity index (χ1) is 2.56. The van der Waals surface area contributed by atoms with Crippen molar-refractivity contribution in [3.05, 3.63) is 0 Å². The van der Waals surface area contributed by atoms with E-state index in [4.69, 9.17) is 0 Å². The zero-order valence-corrected chi connectivity index (χ0v) is 8.86. The van der Waals surface area contributed by atoms with Gasteiger partial charge in [0.1, 0.15) is 0 Å². The van der Waals surface area contributed by atoms with E-state index < -0.39 is 0 Å². The van der Waals surface area contributed by atoms with E-state index in [1.54, 1.807) is 0 Å². The summed E-state index contributed by atoms with van der Waals surface area (Å²) >= 11 is 2.06. The third-order valence-corrected chi connectivity index (χ3v) is 1.46. The molecule has 0 unspecified atom stereocenters. The van der Waals surface area contributed by atoms with Crippen LogP contribution >= 0.6 is 0 Å². The minimum atomic E-state index is 0. The molecule has 40 valence electrons. The molecule has 0 saturated carbocycles. The van der Waals surface area contributed by atoms with Crippen molar-refractivity contribution in [1.82, 2.24) is 0 Å². The van der Waals surface area contributed by atoms with Crippen LogP contribution in [-0.2, 0) is 0 Å². The Balaban J connectivity index is 0. The van der Waals surface area contributed by atoms with Crippen molar-refractivity contribution >= 4 is 21.7 Å². The summed E-state index contributed by atoms with van der Waals surface area (Å²) in [5.41, 5.74) is 0. The van der Waals surface area contributed by atoms with Crippen LogP contribution < -0.4 is 24.0 Å². The van der Waals surface area contributed by atoms with Gasteiger partial charge in [0, 0.05) is 0 Å². The van der Waals surface area contributed by atoms with Gasteiger partial charge < -0.3 is 24.0 Å². The summed E-state index contributed by atoms with van der Waals surface area (Å²) in [4.78, 5) is 0. The molecule has 0 aliphatic carbocycles. The molecule has 2 heteroatoms. The van der Waals surface area contributed by atoms with Crippen LogP contribution in [-0.4, -0.2) is 21.7 Å². The first-order valence-corrected chi connectivity index (χ1v) is 3.12. The van der Waals surface area contributed by atoms with E-state index in [1.165, 1.54) is 6.42 Å². The Bertz CT molecular complexity index is 37.8. The molecule has 0 spiro atoms. The van der Waals surface area contributed by atoms with Crippen molar-refractivity contribution in [3.8, 4) is 0 Å². The Labute approximate surface area is 75.9 Å². The van der Waals surface area contributed by atoms with E-state index in [9.17, 15) is 0 Å². The van der Waals surface area contributed by atoms with Gasteiger partial charge in [-0.15, -0.1) is 0 Å². The molecule has 7 heavy (non-hydrogen) atoms. The predicted octanol–water partition coefficient (Wildman–Crippen LogP) is -1.23. The van der Waals surface area contributed by atoms with Crippen molar-refractivity contribution in [3.63, 3.8) is 0 Å².